The van der Waals surface area contributed by atoms with Crippen LogP contribution in [0.3, 0.4) is 0 Å². The third kappa shape index (κ3) is 6.05. The summed E-state index contributed by atoms with van der Waals surface area (Å²) in [5.74, 6) is 0.382. The van der Waals surface area contributed by atoms with E-state index in [2.05, 4.69) is 10.6 Å². The molecule has 0 radical (unpaired) electrons. The van der Waals surface area contributed by atoms with Crippen LogP contribution in [0, 0.1) is 0 Å². The zero-order valence-corrected chi connectivity index (χ0v) is 18.7. The van der Waals surface area contributed by atoms with Crippen LogP contribution < -0.4 is 20.1 Å². The van der Waals surface area contributed by atoms with Gasteiger partial charge in [-0.15, -0.1) is 0 Å². The number of amides is 2. The second-order valence-corrected chi connectivity index (χ2v) is 7.29. The number of nitrogens with one attached hydrogen (secondary N) is 2. The molecule has 0 unspecified atom stereocenters. The number of hydrogen-bond donors (Lipinski definition) is 2. The van der Waals surface area contributed by atoms with Crippen LogP contribution in [0.4, 0.5) is 5.69 Å². The van der Waals surface area contributed by atoms with E-state index in [9.17, 15) is 9.59 Å². The number of ether oxygens (including phenoxy) is 3. The van der Waals surface area contributed by atoms with E-state index >= 15 is 0 Å². The summed E-state index contributed by atoms with van der Waals surface area (Å²) in [6.07, 6.45) is 2.38. The van der Waals surface area contributed by atoms with Gasteiger partial charge in [-0.1, -0.05) is 24.3 Å². The minimum atomic E-state index is -0.285. The minimum absolute atomic E-state index is 0.170. The fourth-order valence-electron chi connectivity index (χ4n) is 3.06. The normalized spacial score (nSPS) is 14.4. The Labute approximate surface area is 192 Å². The lowest BCUT2D eigenvalue weighted by atomic mass is 10.1. The molecule has 2 N–H and O–H groups in total. The molecule has 1 aliphatic rings. The van der Waals surface area contributed by atoms with E-state index in [1.165, 1.54) is 12.0 Å². The van der Waals surface area contributed by atoms with Gasteiger partial charge in [-0.3, -0.25) is 14.5 Å². The van der Waals surface area contributed by atoms with Gasteiger partial charge in [0.25, 0.3) is 11.8 Å². The second-order valence-electron chi connectivity index (χ2n) is 6.90. The molecular formula is C23H25N3O5S. The zero-order chi connectivity index (χ0) is 22.9. The quantitative estimate of drug-likeness (QED) is 0.324. The number of thiocarbonyl (C=S) groups is 1. The highest BCUT2D eigenvalue weighted by atomic mass is 32.1. The van der Waals surface area contributed by atoms with Crippen molar-refractivity contribution >= 4 is 40.9 Å². The van der Waals surface area contributed by atoms with Gasteiger partial charge in [0.15, 0.2) is 23.2 Å². The zero-order valence-electron chi connectivity index (χ0n) is 17.9. The van der Waals surface area contributed by atoms with Crippen LogP contribution in [0.25, 0.3) is 6.08 Å². The summed E-state index contributed by atoms with van der Waals surface area (Å²) in [7, 11) is 3.12. The van der Waals surface area contributed by atoms with Crippen molar-refractivity contribution < 1.29 is 23.8 Å². The number of para-hydroxylation sites is 1. The van der Waals surface area contributed by atoms with Gasteiger partial charge >= 0.3 is 0 Å². The molecule has 0 bridgehead atoms. The highest BCUT2D eigenvalue weighted by Gasteiger charge is 2.30. The third-order valence-electron chi connectivity index (χ3n) is 4.61. The molecule has 1 saturated heterocycles. The van der Waals surface area contributed by atoms with E-state index in [1.807, 2.05) is 18.2 Å². The van der Waals surface area contributed by atoms with Crippen molar-refractivity contribution in [2.45, 2.75) is 6.42 Å². The Morgan fingerprint density at radius 1 is 1.16 bits per heavy atom. The van der Waals surface area contributed by atoms with Gasteiger partial charge in [0.2, 0.25) is 0 Å². The molecule has 168 valence electrons. The van der Waals surface area contributed by atoms with Crippen molar-refractivity contribution in [3.05, 3.63) is 59.8 Å². The van der Waals surface area contributed by atoms with E-state index in [0.29, 0.717) is 47.6 Å². The van der Waals surface area contributed by atoms with Gasteiger partial charge in [-0.25, -0.2) is 0 Å². The van der Waals surface area contributed by atoms with Crippen LogP contribution in [-0.2, 0) is 14.3 Å². The number of nitrogens with zero attached hydrogens (tertiary/aromatic N) is 1. The first-order valence-electron chi connectivity index (χ1n) is 10.0. The van der Waals surface area contributed by atoms with Gasteiger partial charge < -0.3 is 24.8 Å². The molecule has 8 nitrogen and oxygen atoms in total. The van der Waals surface area contributed by atoms with Crippen molar-refractivity contribution in [2.75, 3.05) is 39.3 Å². The number of hydrogen-bond acceptors (Lipinski definition) is 6. The first kappa shape index (κ1) is 23.2. The average Bonchev–Trinajstić information content (AvgIpc) is 3.06. The molecule has 0 saturated carbocycles. The Morgan fingerprint density at radius 2 is 1.94 bits per heavy atom. The summed E-state index contributed by atoms with van der Waals surface area (Å²) in [6.45, 7) is 0.862. The highest BCUT2D eigenvalue weighted by molar-refractivity contribution is 7.80. The molecule has 0 spiro atoms. The molecule has 9 heteroatoms. The predicted octanol–water partition coefficient (Wildman–Crippen LogP) is 2.81. The largest absolute Gasteiger partial charge is 0.493 e. The van der Waals surface area contributed by atoms with E-state index in [1.54, 1.807) is 43.5 Å². The maximum Gasteiger partial charge on any atom is 0.276 e. The van der Waals surface area contributed by atoms with E-state index in [-0.39, 0.29) is 18.4 Å². The SMILES string of the molecule is COCCCN1C(=O)/C(=C\c2ccc(OCC(=O)Nc3ccccc3)c(OC)c2)NC1=S. The van der Waals surface area contributed by atoms with Crippen molar-refractivity contribution in [3.8, 4) is 11.5 Å². The number of rotatable bonds is 10. The first-order valence-corrected chi connectivity index (χ1v) is 10.4. The van der Waals surface area contributed by atoms with Gasteiger partial charge in [-0.2, -0.15) is 0 Å². The standard InChI is InChI=1S/C23H25N3O5S/c1-29-12-6-11-26-22(28)18(25-23(26)32)13-16-9-10-19(20(14-16)30-2)31-15-21(27)24-17-7-4-3-5-8-17/h3-5,7-10,13-14H,6,11-12,15H2,1-2H3,(H,24,27)(H,25,32)/b18-13+. The third-order valence-corrected chi connectivity index (χ3v) is 4.93. The maximum atomic E-state index is 12.6. The Hall–Kier alpha value is -3.43. The summed E-state index contributed by atoms with van der Waals surface area (Å²) >= 11 is 5.27. The molecule has 0 atom stereocenters. The van der Waals surface area contributed by atoms with Crippen LogP contribution >= 0.6 is 12.2 Å². The molecule has 0 aliphatic carbocycles. The molecule has 32 heavy (non-hydrogen) atoms. The predicted molar refractivity (Wildman–Crippen MR) is 125 cm³/mol. The minimum Gasteiger partial charge on any atom is -0.493 e. The smallest absolute Gasteiger partial charge is 0.276 e. The molecule has 1 fully saturated rings. The van der Waals surface area contributed by atoms with Crippen LogP contribution in [0.15, 0.2) is 54.2 Å². The van der Waals surface area contributed by atoms with E-state index in [0.717, 1.165) is 5.56 Å². The van der Waals surface area contributed by atoms with Crippen LogP contribution in [-0.4, -0.2) is 55.8 Å². The number of benzene rings is 2. The Balaban J connectivity index is 1.64. The summed E-state index contributed by atoms with van der Waals surface area (Å²) in [6, 6.07) is 14.3. The molecule has 2 amide bonds. The maximum absolute atomic E-state index is 12.6. The molecular weight excluding hydrogens is 430 g/mol. The Kier molecular flexibility index (Phi) is 8.18. The topological polar surface area (TPSA) is 89.1 Å². The first-order chi connectivity index (χ1) is 15.5. The van der Waals surface area contributed by atoms with Crippen molar-refractivity contribution in [1.29, 1.82) is 0 Å². The van der Waals surface area contributed by atoms with Crippen molar-refractivity contribution in [2.24, 2.45) is 0 Å². The molecule has 2 aromatic rings. The number of carbonyl (C=O) groups excluding carboxylic acids is 2. The fraction of sp³-hybridized carbons (Fsp3) is 0.261. The summed E-state index contributed by atoms with van der Waals surface area (Å²) in [5, 5.41) is 6.07. The lowest BCUT2D eigenvalue weighted by molar-refractivity contribution is -0.122. The van der Waals surface area contributed by atoms with Crippen LogP contribution in [0.2, 0.25) is 0 Å². The van der Waals surface area contributed by atoms with Gasteiger partial charge in [-0.05, 0) is 54.5 Å². The Bertz CT molecular complexity index is 1010. The molecule has 1 heterocycles. The van der Waals surface area contributed by atoms with Crippen LogP contribution in [0.5, 0.6) is 11.5 Å². The number of anilines is 1. The van der Waals surface area contributed by atoms with E-state index < -0.39 is 0 Å². The number of carbonyl (C=O) groups is 2. The fourth-order valence-corrected chi connectivity index (χ4v) is 3.35. The van der Waals surface area contributed by atoms with Crippen LogP contribution in [0.1, 0.15) is 12.0 Å². The monoisotopic (exact) mass is 455 g/mol. The highest BCUT2D eigenvalue weighted by Crippen LogP contribution is 2.29. The summed E-state index contributed by atoms with van der Waals surface area (Å²) in [5.41, 5.74) is 1.80. The van der Waals surface area contributed by atoms with Crippen molar-refractivity contribution in [1.82, 2.24) is 10.2 Å². The molecule has 3 rings (SSSR count). The molecule has 1 aliphatic heterocycles. The average molecular weight is 456 g/mol. The van der Waals surface area contributed by atoms with E-state index in [4.69, 9.17) is 26.4 Å². The van der Waals surface area contributed by atoms with Gasteiger partial charge in [0, 0.05) is 25.9 Å². The molecule has 2 aromatic carbocycles. The van der Waals surface area contributed by atoms with Crippen molar-refractivity contribution in [3.63, 3.8) is 0 Å². The second kappa shape index (κ2) is 11.3. The van der Waals surface area contributed by atoms with Gasteiger partial charge in [0.1, 0.15) is 5.70 Å². The summed E-state index contributed by atoms with van der Waals surface area (Å²) < 4.78 is 16.0. The van der Waals surface area contributed by atoms with Gasteiger partial charge in [0.05, 0.1) is 7.11 Å². The Morgan fingerprint density at radius 3 is 2.66 bits per heavy atom. The molecule has 0 aromatic heterocycles. The lowest BCUT2D eigenvalue weighted by Gasteiger charge is -2.13. The number of methoxy groups -OCH3 is 2. The lowest BCUT2D eigenvalue weighted by Crippen LogP contribution is -2.32. The summed E-state index contributed by atoms with van der Waals surface area (Å²) in [4.78, 5) is 26.3.